The highest BCUT2D eigenvalue weighted by molar-refractivity contribution is 7.99. The standard InChI is InChI=1S/C35H47N3O7S/c1-5-43-33(41)29(24-46-23-26-17-19-37(20-18-26)34(42)44-22-25-11-7-6-8-12-25)36-28-16-15-27-13-9-10-14-30(27)38(32(28)40)21-31(39)45-35(2,3)4/h6-14,26,28-29,36H,5,15-24H2,1-4H3. The minimum absolute atomic E-state index is 0.220. The molecule has 0 aromatic heterocycles. The fourth-order valence-electron chi connectivity index (χ4n) is 5.65. The third-order valence-corrected chi connectivity index (χ3v) is 9.22. The van der Waals surface area contributed by atoms with Gasteiger partial charge in [-0.2, -0.15) is 11.8 Å². The molecule has 2 heterocycles. The highest BCUT2D eigenvalue weighted by Gasteiger charge is 2.35. The predicted octanol–water partition coefficient (Wildman–Crippen LogP) is 4.98. The number of anilines is 1. The van der Waals surface area contributed by atoms with Crippen LogP contribution in [0.3, 0.4) is 0 Å². The zero-order valence-electron chi connectivity index (χ0n) is 27.4. The number of aryl methyl sites for hydroxylation is 1. The Kier molecular flexibility index (Phi) is 12.9. The van der Waals surface area contributed by atoms with Crippen LogP contribution in [0.2, 0.25) is 0 Å². The van der Waals surface area contributed by atoms with E-state index in [1.54, 1.807) is 44.4 Å². The van der Waals surface area contributed by atoms with Gasteiger partial charge in [0.2, 0.25) is 5.91 Å². The van der Waals surface area contributed by atoms with E-state index in [-0.39, 0.29) is 31.8 Å². The number of nitrogens with one attached hydrogen (secondary N) is 1. The molecular weight excluding hydrogens is 606 g/mol. The second-order valence-corrected chi connectivity index (χ2v) is 13.8. The Morgan fingerprint density at radius 3 is 2.37 bits per heavy atom. The van der Waals surface area contributed by atoms with Crippen molar-refractivity contribution in [2.75, 3.05) is 42.6 Å². The lowest BCUT2D eigenvalue weighted by Gasteiger charge is -2.31. The molecule has 2 atom stereocenters. The van der Waals surface area contributed by atoms with E-state index in [0.29, 0.717) is 43.3 Å². The van der Waals surface area contributed by atoms with Crippen molar-refractivity contribution in [2.24, 2.45) is 5.92 Å². The van der Waals surface area contributed by atoms with E-state index >= 15 is 0 Å². The van der Waals surface area contributed by atoms with Crippen LogP contribution in [0.4, 0.5) is 10.5 Å². The number of amides is 2. The molecule has 46 heavy (non-hydrogen) atoms. The Morgan fingerprint density at radius 1 is 0.978 bits per heavy atom. The SMILES string of the molecule is CCOC(=O)C(CSCC1CCN(C(=O)OCc2ccccc2)CC1)NC1CCc2ccccc2N(CC(=O)OC(C)(C)C)C1=O. The van der Waals surface area contributed by atoms with Gasteiger partial charge in [-0.05, 0) is 82.2 Å². The van der Waals surface area contributed by atoms with E-state index in [1.165, 1.54) is 4.90 Å². The number of likely N-dealkylation sites (tertiary alicyclic amines) is 1. The fourth-order valence-corrected chi connectivity index (χ4v) is 6.92. The maximum Gasteiger partial charge on any atom is 0.410 e. The van der Waals surface area contributed by atoms with Gasteiger partial charge in [0.1, 0.15) is 24.8 Å². The third kappa shape index (κ3) is 10.5. The zero-order chi connectivity index (χ0) is 33.1. The van der Waals surface area contributed by atoms with E-state index in [4.69, 9.17) is 14.2 Å². The molecule has 0 aliphatic carbocycles. The van der Waals surface area contributed by atoms with Crippen molar-refractivity contribution in [2.45, 2.75) is 77.7 Å². The number of carbonyl (C=O) groups excluding carboxylic acids is 4. The zero-order valence-corrected chi connectivity index (χ0v) is 28.2. The summed E-state index contributed by atoms with van der Waals surface area (Å²) >= 11 is 1.64. The quantitative estimate of drug-likeness (QED) is 0.250. The lowest BCUT2D eigenvalue weighted by atomic mass is 9.99. The normalized spacial score (nSPS) is 17.9. The number of hydrogen-bond acceptors (Lipinski definition) is 9. The Labute approximate surface area is 276 Å². The van der Waals surface area contributed by atoms with E-state index in [1.807, 2.05) is 54.6 Å². The number of hydrogen-bond donors (Lipinski definition) is 1. The van der Waals surface area contributed by atoms with Gasteiger partial charge in [-0.25, -0.2) is 4.79 Å². The number of fused-ring (bicyclic) bond motifs is 1. The average Bonchev–Trinajstić information content (AvgIpc) is 3.15. The van der Waals surface area contributed by atoms with E-state index in [2.05, 4.69) is 5.32 Å². The molecule has 1 saturated heterocycles. The van der Waals surface area contributed by atoms with Gasteiger partial charge in [-0.3, -0.25) is 24.6 Å². The summed E-state index contributed by atoms with van der Waals surface area (Å²) in [5.74, 6) is 0.467. The summed E-state index contributed by atoms with van der Waals surface area (Å²) in [5, 5.41) is 3.30. The molecule has 1 fully saturated rings. The van der Waals surface area contributed by atoms with Crippen molar-refractivity contribution in [1.29, 1.82) is 0 Å². The van der Waals surface area contributed by atoms with Crippen LogP contribution in [0.5, 0.6) is 0 Å². The number of piperidine rings is 1. The molecule has 0 spiro atoms. The monoisotopic (exact) mass is 653 g/mol. The molecule has 0 saturated carbocycles. The van der Waals surface area contributed by atoms with E-state index in [0.717, 1.165) is 29.7 Å². The van der Waals surface area contributed by atoms with Gasteiger partial charge in [0.25, 0.3) is 0 Å². The van der Waals surface area contributed by atoms with Crippen molar-refractivity contribution >= 4 is 41.4 Å². The molecule has 0 bridgehead atoms. The van der Waals surface area contributed by atoms with Gasteiger partial charge in [0.05, 0.1) is 12.6 Å². The van der Waals surface area contributed by atoms with Crippen molar-refractivity contribution in [1.82, 2.24) is 10.2 Å². The summed E-state index contributed by atoms with van der Waals surface area (Å²) in [6.45, 7) is 8.66. The number of thioether (sulfide) groups is 1. The summed E-state index contributed by atoms with van der Waals surface area (Å²) in [6.07, 6.45) is 2.49. The Morgan fingerprint density at radius 2 is 1.67 bits per heavy atom. The molecule has 2 unspecified atom stereocenters. The molecule has 4 rings (SSSR count). The van der Waals surface area contributed by atoms with Crippen LogP contribution in [0.25, 0.3) is 0 Å². The second-order valence-electron chi connectivity index (χ2n) is 12.7. The van der Waals surface area contributed by atoms with Gasteiger partial charge in [0.15, 0.2) is 0 Å². The van der Waals surface area contributed by atoms with Gasteiger partial charge in [0, 0.05) is 24.5 Å². The first-order valence-electron chi connectivity index (χ1n) is 16.1. The van der Waals surface area contributed by atoms with Crippen LogP contribution in [-0.4, -0.2) is 84.3 Å². The molecule has 1 N–H and O–H groups in total. The summed E-state index contributed by atoms with van der Waals surface area (Å²) in [6, 6.07) is 15.8. The second kappa shape index (κ2) is 16.8. The summed E-state index contributed by atoms with van der Waals surface area (Å²) in [4.78, 5) is 55.6. The summed E-state index contributed by atoms with van der Waals surface area (Å²) < 4.78 is 16.4. The number of para-hydroxylation sites is 1. The molecule has 10 nitrogen and oxygen atoms in total. The maximum atomic E-state index is 13.9. The minimum atomic E-state index is -0.698. The largest absolute Gasteiger partial charge is 0.465 e. The van der Waals surface area contributed by atoms with Crippen LogP contribution in [-0.2, 0) is 41.6 Å². The number of rotatable bonds is 12. The molecular formula is C35H47N3O7S. The average molecular weight is 654 g/mol. The maximum absolute atomic E-state index is 13.9. The number of nitrogens with zero attached hydrogens (tertiary/aromatic N) is 2. The van der Waals surface area contributed by atoms with Crippen LogP contribution in [0.15, 0.2) is 54.6 Å². The molecule has 11 heteroatoms. The molecule has 2 aliphatic rings. The molecule has 0 radical (unpaired) electrons. The summed E-state index contributed by atoms with van der Waals surface area (Å²) in [7, 11) is 0. The first-order chi connectivity index (χ1) is 22.0. The topological polar surface area (TPSA) is 114 Å². The molecule has 2 amide bonds. The van der Waals surface area contributed by atoms with Crippen LogP contribution in [0, 0.1) is 5.92 Å². The van der Waals surface area contributed by atoms with Crippen molar-refractivity contribution in [3.05, 3.63) is 65.7 Å². The van der Waals surface area contributed by atoms with Crippen molar-refractivity contribution < 1.29 is 33.4 Å². The smallest absolute Gasteiger partial charge is 0.410 e. The fraction of sp³-hybridized carbons (Fsp3) is 0.543. The first kappa shape index (κ1) is 35.3. The Bertz CT molecular complexity index is 1320. The Hall–Kier alpha value is -3.57. The number of esters is 2. The van der Waals surface area contributed by atoms with Gasteiger partial charge < -0.3 is 19.1 Å². The highest BCUT2D eigenvalue weighted by atomic mass is 32.2. The molecule has 2 aromatic carbocycles. The van der Waals surface area contributed by atoms with Crippen molar-refractivity contribution in [3.63, 3.8) is 0 Å². The number of carbonyl (C=O) groups is 4. The third-order valence-electron chi connectivity index (χ3n) is 7.95. The number of ether oxygens (including phenoxy) is 3. The lowest BCUT2D eigenvalue weighted by molar-refractivity contribution is -0.154. The predicted molar refractivity (Wildman–Crippen MR) is 179 cm³/mol. The van der Waals surface area contributed by atoms with Gasteiger partial charge in [-0.1, -0.05) is 48.5 Å². The summed E-state index contributed by atoms with van der Waals surface area (Å²) in [5.41, 5.74) is 1.91. The van der Waals surface area contributed by atoms with Crippen LogP contribution >= 0.6 is 11.8 Å². The Balaban J connectivity index is 1.32. The van der Waals surface area contributed by atoms with Gasteiger partial charge >= 0.3 is 18.0 Å². The van der Waals surface area contributed by atoms with Crippen LogP contribution < -0.4 is 10.2 Å². The van der Waals surface area contributed by atoms with E-state index in [9.17, 15) is 19.2 Å². The lowest BCUT2D eigenvalue weighted by Crippen LogP contribution is -2.54. The van der Waals surface area contributed by atoms with E-state index < -0.39 is 29.6 Å². The molecule has 2 aromatic rings. The highest BCUT2D eigenvalue weighted by Crippen LogP contribution is 2.28. The van der Waals surface area contributed by atoms with Gasteiger partial charge in [-0.15, -0.1) is 0 Å². The first-order valence-corrected chi connectivity index (χ1v) is 17.3. The molecule has 250 valence electrons. The van der Waals surface area contributed by atoms with Crippen molar-refractivity contribution in [3.8, 4) is 0 Å². The number of benzene rings is 2. The molecule has 2 aliphatic heterocycles. The van der Waals surface area contributed by atoms with Crippen LogP contribution in [0.1, 0.15) is 58.1 Å². The minimum Gasteiger partial charge on any atom is -0.465 e.